The molecule has 104 valence electrons. The largest absolute Gasteiger partial charge is 0.393 e. The highest BCUT2D eigenvalue weighted by atomic mass is 35.5. The van der Waals surface area contributed by atoms with Crippen molar-refractivity contribution in [2.24, 2.45) is 0 Å². The number of hydrogen-bond acceptors (Lipinski definition) is 5. The molecule has 1 aromatic rings. The Balaban J connectivity index is 2.34. The molecule has 6 nitrogen and oxygen atoms in total. The Morgan fingerprint density at radius 3 is 3.05 bits per heavy atom. The number of pyridine rings is 1. The van der Waals surface area contributed by atoms with Gasteiger partial charge in [0, 0.05) is 18.7 Å². The SMILES string of the molecule is CC(O)CC1CCCN1c1nc(Cl)ccc1[N+](=O)[O-]. The third kappa shape index (κ3) is 3.13. The van der Waals surface area contributed by atoms with Crippen molar-refractivity contribution in [1.29, 1.82) is 0 Å². The Kier molecular flexibility index (Phi) is 4.21. The molecule has 7 heteroatoms. The van der Waals surface area contributed by atoms with Gasteiger partial charge in [0.05, 0.1) is 11.0 Å². The van der Waals surface area contributed by atoms with E-state index in [0.29, 0.717) is 18.8 Å². The number of hydrogen-bond donors (Lipinski definition) is 1. The van der Waals surface area contributed by atoms with E-state index in [2.05, 4.69) is 4.98 Å². The van der Waals surface area contributed by atoms with Crippen LogP contribution in [0.1, 0.15) is 26.2 Å². The second-order valence-corrected chi connectivity index (χ2v) is 5.20. The molecule has 1 aromatic heterocycles. The van der Waals surface area contributed by atoms with Crippen molar-refractivity contribution in [3.05, 3.63) is 27.4 Å². The fourth-order valence-electron chi connectivity index (χ4n) is 2.53. The van der Waals surface area contributed by atoms with Gasteiger partial charge < -0.3 is 10.0 Å². The monoisotopic (exact) mass is 285 g/mol. The summed E-state index contributed by atoms with van der Waals surface area (Å²) in [5.74, 6) is 0.306. The van der Waals surface area contributed by atoms with Gasteiger partial charge in [-0.1, -0.05) is 11.6 Å². The van der Waals surface area contributed by atoms with E-state index >= 15 is 0 Å². The number of aliphatic hydroxyl groups is 1. The number of anilines is 1. The Hall–Kier alpha value is -1.40. The smallest absolute Gasteiger partial charge is 0.311 e. The number of nitrogens with zero attached hydrogens (tertiary/aromatic N) is 3. The van der Waals surface area contributed by atoms with Gasteiger partial charge in [0.2, 0.25) is 5.82 Å². The maximum Gasteiger partial charge on any atom is 0.311 e. The lowest BCUT2D eigenvalue weighted by atomic mass is 10.1. The van der Waals surface area contributed by atoms with Crippen LogP contribution in [0.5, 0.6) is 0 Å². The standard InChI is InChI=1S/C12H16ClN3O3/c1-8(17)7-9-3-2-6-15(9)12-10(16(18)19)4-5-11(13)14-12/h4-5,8-9,17H,2-3,6-7H2,1H3. The van der Waals surface area contributed by atoms with Gasteiger partial charge in [0.25, 0.3) is 0 Å². The summed E-state index contributed by atoms with van der Waals surface area (Å²) >= 11 is 5.84. The van der Waals surface area contributed by atoms with Gasteiger partial charge in [-0.2, -0.15) is 0 Å². The first-order valence-electron chi connectivity index (χ1n) is 6.24. The molecule has 2 atom stereocenters. The number of aliphatic hydroxyl groups excluding tert-OH is 1. The highest BCUT2D eigenvalue weighted by Gasteiger charge is 2.31. The second-order valence-electron chi connectivity index (χ2n) is 4.81. The summed E-state index contributed by atoms with van der Waals surface area (Å²) in [6, 6.07) is 2.87. The first-order valence-corrected chi connectivity index (χ1v) is 6.62. The van der Waals surface area contributed by atoms with Crippen LogP contribution in [0.3, 0.4) is 0 Å². The molecule has 2 unspecified atom stereocenters. The molecule has 1 aliphatic heterocycles. The zero-order valence-electron chi connectivity index (χ0n) is 10.6. The maximum absolute atomic E-state index is 11.1. The molecule has 2 rings (SSSR count). The number of rotatable bonds is 4. The van der Waals surface area contributed by atoms with E-state index in [1.807, 2.05) is 4.90 Å². The topological polar surface area (TPSA) is 79.5 Å². The van der Waals surface area contributed by atoms with Gasteiger partial charge in [-0.15, -0.1) is 0 Å². The third-order valence-electron chi connectivity index (χ3n) is 3.28. The van der Waals surface area contributed by atoms with Gasteiger partial charge >= 0.3 is 5.69 Å². The van der Waals surface area contributed by atoms with Crippen LogP contribution in [0.25, 0.3) is 0 Å². The molecule has 0 aliphatic carbocycles. The third-order valence-corrected chi connectivity index (χ3v) is 3.49. The van der Waals surface area contributed by atoms with Crippen LogP contribution < -0.4 is 4.90 Å². The lowest BCUT2D eigenvalue weighted by Crippen LogP contribution is -2.33. The first kappa shape index (κ1) is 14.0. The van der Waals surface area contributed by atoms with Crippen molar-refractivity contribution in [2.75, 3.05) is 11.4 Å². The highest BCUT2D eigenvalue weighted by molar-refractivity contribution is 6.29. The molecule has 0 saturated carbocycles. The summed E-state index contributed by atoms with van der Waals surface area (Å²) in [7, 11) is 0. The fourth-order valence-corrected chi connectivity index (χ4v) is 2.67. The van der Waals surface area contributed by atoms with Crippen molar-refractivity contribution in [3.63, 3.8) is 0 Å². The van der Waals surface area contributed by atoms with Crippen LogP contribution in [0.2, 0.25) is 5.15 Å². The lowest BCUT2D eigenvalue weighted by molar-refractivity contribution is -0.384. The highest BCUT2D eigenvalue weighted by Crippen LogP contribution is 2.34. The lowest BCUT2D eigenvalue weighted by Gasteiger charge is -2.26. The maximum atomic E-state index is 11.1. The molecule has 19 heavy (non-hydrogen) atoms. The molecule has 0 amide bonds. The van der Waals surface area contributed by atoms with E-state index in [-0.39, 0.29) is 16.9 Å². The van der Waals surface area contributed by atoms with E-state index < -0.39 is 11.0 Å². The van der Waals surface area contributed by atoms with Gasteiger partial charge in [-0.05, 0) is 32.3 Å². The molecule has 1 N–H and O–H groups in total. The van der Waals surface area contributed by atoms with Gasteiger partial charge in [-0.25, -0.2) is 4.98 Å². The first-order chi connectivity index (χ1) is 8.99. The summed E-state index contributed by atoms with van der Waals surface area (Å²) in [5.41, 5.74) is -0.0399. The molecular formula is C12H16ClN3O3. The summed E-state index contributed by atoms with van der Waals surface area (Å²) in [5, 5.41) is 20.8. The Labute approximate surface area is 116 Å². The molecule has 1 aliphatic rings. The Morgan fingerprint density at radius 1 is 1.68 bits per heavy atom. The molecule has 1 fully saturated rings. The predicted octanol–water partition coefficient (Wildman–Crippen LogP) is 2.38. The minimum Gasteiger partial charge on any atom is -0.393 e. The van der Waals surface area contributed by atoms with E-state index in [9.17, 15) is 15.2 Å². The van der Waals surface area contributed by atoms with Gasteiger partial charge in [0.15, 0.2) is 0 Å². The summed E-state index contributed by atoms with van der Waals surface area (Å²) in [4.78, 5) is 16.6. The quantitative estimate of drug-likeness (QED) is 0.522. The number of halogens is 1. The van der Waals surface area contributed by atoms with E-state index in [0.717, 1.165) is 12.8 Å². The van der Waals surface area contributed by atoms with Crippen molar-refractivity contribution in [2.45, 2.75) is 38.3 Å². The van der Waals surface area contributed by atoms with Crippen LogP contribution in [0.15, 0.2) is 12.1 Å². The van der Waals surface area contributed by atoms with Crippen molar-refractivity contribution in [3.8, 4) is 0 Å². The predicted molar refractivity (Wildman–Crippen MR) is 72.6 cm³/mol. The van der Waals surface area contributed by atoms with Crippen molar-refractivity contribution in [1.82, 2.24) is 4.98 Å². The molecule has 2 heterocycles. The average Bonchev–Trinajstić information content (AvgIpc) is 2.75. The van der Waals surface area contributed by atoms with E-state index in [1.165, 1.54) is 12.1 Å². The number of aromatic nitrogens is 1. The van der Waals surface area contributed by atoms with Crippen LogP contribution in [-0.2, 0) is 0 Å². The summed E-state index contributed by atoms with van der Waals surface area (Å²) < 4.78 is 0. The van der Waals surface area contributed by atoms with E-state index in [1.54, 1.807) is 6.92 Å². The number of nitro groups is 1. The average molecular weight is 286 g/mol. The van der Waals surface area contributed by atoms with E-state index in [4.69, 9.17) is 11.6 Å². The van der Waals surface area contributed by atoms with Crippen molar-refractivity contribution >= 4 is 23.1 Å². The summed E-state index contributed by atoms with van der Waals surface area (Å²) in [6.07, 6.45) is 1.97. The normalized spacial score (nSPS) is 20.6. The zero-order valence-corrected chi connectivity index (χ0v) is 11.4. The minimum absolute atomic E-state index is 0.0399. The van der Waals surface area contributed by atoms with Crippen LogP contribution in [0, 0.1) is 10.1 Å². The van der Waals surface area contributed by atoms with Crippen LogP contribution >= 0.6 is 11.6 Å². The molecule has 0 bridgehead atoms. The molecular weight excluding hydrogens is 270 g/mol. The molecule has 0 aromatic carbocycles. The molecule has 1 saturated heterocycles. The van der Waals surface area contributed by atoms with Gasteiger partial charge in [0.1, 0.15) is 5.15 Å². The fraction of sp³-hybridized carbons (Fsp3) is 0.583. The molecule has 0 radical (unpaired) electrons. The van der Waals surface area contributed by atoms with Crippen molar-refractivity contribution < 1.29 is 10.0 Å². The summed E-state index contributed by atoms with van der Waals surface area (Å²) in [6.45, 7) is 2.42. The molecule has 0 spiro atoms. The van der Waals surface area contributed by atoms with Crippen LogP contribution in [0.4, 0.5) is 11.5 Å². The van der Waals surface area contributed by atoms with Gasteiger partial charge in [-0.3, -0.25) is 10.1 Å². The Morgan fingerprint density at radius 2 is 2.42 bits per heavy atom. The van der Waals surface area contributed by atoms with Crippen LogP contribution in [-0.4, -0.2) is 33.7 Å². The Bertz CT molecular complexity index is 481. The minimum atomic E-state index is -0.448. The second kappa shape index (κ2) is 5.71. The zero-order chi connectivity index (χ0) is 14.0.